The molecule has 1 aromatic rings. The molecule has 2 unspecified atom stereocenters. The van der Waals surface area contributed by atoms with Gasteiger partial charge in [-0.1, -0.05) is 38.8 Å². The van der Waals surface area contributed by atoms with Gasteiger partial charge in [0.2, 0.25) is 0 Å². The first kappa shape index (κ1) is 16.4. The molecule has 1 aliphatic carbocycles. The van der Waals surface area contributed by atoms with Crippen molar-refractivity contribution >= 4 is 0 Å². The van der Waals surface area contributed by atoms with E-state index in [-0.39, 0.29) is 0 Å². The third kappa shape index (κ3) is 5.03. The van der Waals surface area contributed by atoms with Crippen LogP contribution in [0.1, 0.15) is 57.9 Å². The van der Waals surface area contributed by atoms with Gasteiger partial charge in [-0.3, -0.25) is 0 Å². The maximum Gasteiger partial charge on any atom is 0.119 e. The number of ether oxygens (including phenoxy) is 1. The molecule has 118 valence electrons. The molecule has 2 nitrogen and oxygen atoms in total. The Bertz CT molecular complexity index is 399. The van der Waals surface area contributed by atoms with Crippen molar-refractivity contribution in [2.24, 2.45) is 11.8 Å². The highest BCUT2D eigenvalue weighted by atomic mass is 16.5. The van der Waals surface area contributed by atoms with Gasteiger partial charge in [-0.2, -0.15) is 0 Å². The molecule has 0 bridgehead atoms. The van der Waals surface area contributed by atoms with Crippen LogP contribution >= 0.6 is 0 Å². The molecule has 2 heteroatoms. The molecule has 21 heavy (non-hydrogen) atoms. The fraction of sp³-hybridized carbons (Fsp3) is 0.684. The van der Waals surface area contributed by atoms with Crippen molar-refractivity contribution in [2.45, 2.75) is 52.4 Å². The summed E-state index contributed by atoms with van der Waals surface area (Å²) in [7, 11) is 0. The standard InChI is InChI=1S/C19H31NO/c1-4-21-18-11-9-16(10-12-18)19-8-6-5-7-17(19)14-20-13-15(2)3/h9-12,15,17,19-20H,4-8,13-14H2,1-3H3. The summed E-state index contributed by atoms with van der Waals surface area (Å²) in [5.74, 6) is 3.23. The van der Waals surface area contributed by atoms with Crippen LogP contribution in [-0.2, 0) is 0 Å². The molecule has 0 aromatic heterocycles. The van der Waals surface area contributed by atoms with Crippen molar-refractivity contribution in [3.05, 3.63) is 29.8 Å². The molecular formula is C19H31NO. The van der Waals surface area contributed by atoms with Crippen LogP contribution in [0.15, 0.2) is 24.3 Å². The van der Waals surface area contributed by atoms with Crippen LogP contribution in [0, 0.1) is 11.8 Å². The minimum absolute atomic E-state index is 0.717. The first-order chi connectivity index (χ1) is 10.2. The van der Waals surface area contributed by atoms with Crippen LogP contribution in [0.4, 0.5) is 0 Å². The van der Waals surface area contributed by atoms with Crippen LogP contribution < -0.4 is 10.1 Å². The SMILES string of the molecule is CCOc1ccc(C2CCCCC2CNCC(C)C)cc1. The number of hydrogen-bond donors (Lipinski definition) is 1. The van der Waals surface area contributed by atoms with E-state index in [1.807, 2.05) is 6.92 Å². The zero-order valence-corrected chi connectivity index (χ0v) is 13.9. The van der Waals surface area contributed by atoms with Crippen LogP contribution in [-0.4, -0.2) is 19.7 Å². The lowest BCUT2D eigenvalue weighted by Gasteiger charge is -2.32. The molecule has 0 aliphatic heterocycles. The summed E-state index contributed by atoms with van der Waals surface area (Å²) in [6.07, 6.45) is 5.46. The predicted octanol–water partition coefficient (Wildman–Crippen LogP) is 4.60. The van der Waals surface area contributed by atoms with Gasteiger partial charge in [-0.25, -0.2) is 0 Å². The molecule has 1 aromatic carbocycles. The molecule has 1 fully saturated rings. The lowest BCUT2D eigenvalue weighted by molar-refractivity contribution is 0.291. The maximum atomic E-state index is 5.55. The fourth-order valence-electron chi connectivity index (χ4n) is 3.43. The molecule has 1 aliphatic rings. The summed E-state index contributed by atoms with van der Waals surface area (Å²) >= 11 is 0. The van der Waals surface area contributed by atoms with Crippen molar-refractivity contribution < 1.29 is 4.74 Å². The monoisotopic (exact) mass is 289 g/mol. The van der Waals surface area contributed by atoms with E-state index < -0.39 is 0 Å². The van der Waals surface area contributed by atoms with Gasteiger partial charge in [-0.15, -0.1) is 0 Å². The smallest absolute Gasteiger partial charge is 0.119 e. The molecule has 1 saturated carbocycles. The molecule has 1 N–H and O–H groups in total. The maximum absolute atomic E-state index is 5.55. The molecule has 0 heterocycles. The third-order valence-corrected chi connectivity index (χ3v) is 4.49. The quantitative estimate of drug-likeness (QED) is 0.791. The average molecular weight is 289 g/mol. The highest BCUT2D eigenvalue weighted by molar-refractivity contribution is 5.30. The number of nitrogens with one attached hydrogen (secondary N) is 1. The third-order valence-electron chi connectivity index (χ3n) is 4.49. The molecule has 0 saturated heterocycles. The van der Waals surface area contributed by atoms with Crippen molar-refractivity contribution in [3.8, 4) is 5.75 Å². The fourth-order valence-corrected chi connectivity index (χ4v) is 3.43. The Morgan fingerprint density at radius 1 is 1.14 bits per heavy atom. The van der Waals surface area contributed by atoms with Gasteiger partial charge in [-0.05, 0) is 68.3 Å². The second-order valence-corrected chi connectivity index (χ2v) is 6.71. The highest BCUT2D eigenvalue weighted by Gasteiger charge is 2.26. The Hall–Kier alpha value is -1.02. The largest absolute Gasteiger partial charge is 0.494 e. The second-order valence-electron chi connectivity index (χ2n) is 6.71. The van der Waals surface area contributed by atoms with E-state index in [9.17, 15) is 0 Å². The number of rotatable bonds is 7. The first-order valence-electron chi connectivity index (χ1n) is 8.64. The molecule has 0 radical (unpaired) electrons. The highest BCUT2D eigenvalue weighted by Crippen LogP contribution is 2.37. The van der Waals surface area contributed by atoms with Gasteiger partial charge in [0.15, 0.2) is 0 Å². The van der Waals surface area contributed by atoms with E-state index in [0.29, 0.717) is 5.92 Å². The van der Waals surface area contributed by atoms with Crippen molar-refractivity contribution in [1.82, 2.24) is 5.32 Å². The first-order valence-corrected chi connectivity index (χ1v) is 8.64. The normalized spacial score (nSPS) is 22.5. The Morgan fingerprint density at radius 3 is 2.52 bits per heavy atom. The lowest BCUT2D eigenvalue weighted by atomic mass is 9.75. The Balaban J connectivity index is 1.96. The Kier molecular flexibility index (Phi) is 6.56. The summed E-state index contributed by atoms with van der Waals surface area (Å²) in [6.45, 7) is 9.62. The summed E-state index contributed by atoms with van der Waals surface area (Å²) in [4.78, 5) is 0. The summed E-state index contributed by atoms with van der Waals surface area (Å²) in [5.41, 5.74) is 1.49. The van der Waals surface area contributed by atoms with Crippen LogP contribution in [0.5, 0.6) is 5.75 Å². The molecule has 0 amide bonds. The van der Waals surface area contributed by atoms with E-state index in [1.54, 1.807) is 0 Å². The lowest BCUT2D eigenvalue weighted by Crippen LogP contribution is -2.31. The van der Waals surface area contributed by atoms with Crippen LogP contribution in [0.3, 0.4) is 0 Å². The zero-order valence-electron chi connectivity index (χ0n) is 13.9. The predicted molar refractivity (Wildman–Crippen MR) is 90.0 cm³/mol. The van der Waals surface area contributed by atoms with Gasteiger partial charge >= 0.3 is 0 Å². The second kappa shape index (κ2) is 8.43. The summed E-state index contributed by atoms with van der Waals surface area (Å²) in [6, 6.07) is 8.81. The minimum atomic E-state index is 0.717. The minimum Gasteiger partial charge on any atom is -0.494 e. The van der Waals surface area contributed by atoms with Gasteiger partial charge in [0.05, 0.1) is 6.61 Å². The molecule has 0 spiro atoms. The number of benzene rings is 1. The van der Waals surface area contributed by atoms with E-state index in [4.69, 9.17) is 4.74 Å². The Morgan fingerprint density at radius 2 is 1.86 bits per heavy atom. The summed E-state index contributed by atoms with van der Waals surface area (Å²) < 4.78 is 5.55. The average Bonchev–Trinajstić information content (AvgIpc) is 2.49. The number of hydrogen-bond acceptors (Lipinski definition) is 2. The van der Waals surface area contributed by atoms with E-state index in [1.165, 1.54) is 31.2 Å². The van der Waals surface area contributed by atoms with Crippen molar-refractivity contribution in [1.29, 1.82) is 0 Å². The molecule has 2 atom stereocenters. The van der Waals surface area contributed by atoms with E-state index in [0.717, 1.165) is 37.3 Å². The van der Waals surface area contributed by atoms with E-state index >= 15 is 0 Å². The molecule has 2 rings (SSSR count). The topological polar surface area (TPSA) is 21.3 Å². The van der Waals surface area contributed by atoms with Gasteiger partial charge in [0.1, 0.15) is 5.75 Å². The van der Waals surface area contributed by atoms with Crippen LogP contribution in [0.2, 0.25) is 0 Å². The van der Waals surface area contributed by atoms with Crippen molar-refractivity contribution in [3.63, 3.8) is 0 Å². The summed E-state index contributed by atoms with van der Waals surface area (Å²) in [5, 5.41) is 3.66. The zero-order chi connectivity index (χ0) is 15.1. The van der Waals surface area contributed by atoms with Gasteiger partial charge in [0, 0.05) is 0 Å². The van der Waals surface area contributed by atoms with Crippen molar-refractivity contribution in [2.75, 3.05) is 19.7 Å². The van der Waals surface area contributed by atoms with Crippen LogP contribution in [0.25, 0.3) is 0 Å². The van der Waals surface area contributed by atoms with Gasteiger partial charge in [0.25, 0.3) is 0 Å². The Labute approximate surface area is 130 Å². The van der Waals surface area contributed by atoms with E-state index in [2.05, 4.69) is 43.4 Å². The molecular weight excluding hydrogens is 258 g/mol. The van der Waals surface area contributed by atoms with Gasteiger partial charge < -0.3 is 10.1 Å².